The van der Waals surface area contributed by atoms with Gasteiger partial charge in [-0.3, -0.25) is 0 Å². The Kier molecular flexibility index (Phi) is 4.06. The fourth-order valence-corrected chi connectivity index (χ4v) is 3.12. The Morgan fingerprint density at radius 3 is 2.39 bits per heavy atom. The lowest BCUT2D eigenvalue weighted by Crippen LogP contribution is -2.34. The molecule has 0 aliphatic heterocycles. The van der Waals surface area contributed by atoms with Crippen LogP contribution in [0.25, 0.3) is 11.5 Å². The fraction of sp³-hybridized carbons (Fsp3) is 0.500. The molecule has 2 N–H and O–H groups in total. The predicted octanol–water partition coefficient (Wildman–Crippen LogP) is 3.68. The van der Waals surface area contributed by atoms with E-state index in [1.165, 1.54) is 0 Å². The van der Waals surface area contributed by atoms with E-state index < -0.39 is 12.2 Å². The Morgan fingerprint density at radius 1 is 1.22 bits per heavy atom. The molecular formula is C16H19F2N3O2. The Morgan fingerprint density at radius 2 is 1.83 bits per heavy atom. The van der Waals surface area contributed by atoms with Crippen molar-refractivity contribution in [3.8, 4) is 17.2 Å². The third-order valence-electron chi connectivity index (χ3n) is 4.28. The van der Waals surface area contributed by atoms with E-state index in [4.69, 9.17) is 10.3 Å². The Balaban J connectivity index is 1.92. The zero-order valence-electron chi connectivity index (χ0n) is 13.1. The summed E-state index contributed by atoms with van der Waals surface area (Å²) in [6.45, 7) is 0.549. The number of ether oxygens (including phenoxy) is 1. The van der Waals surface area contributed by atoms with E-state index in [-0.39, 0.29) is 5.75 Å². The zero-order valence-corrected chi connectivity index (χ0v) is 13.1. The van der Waals surface area contributed by atoms with Gasteiger partial charge >= 0.3 is 6.61 Å². The van der Waals surface area contributed by atoms with Gasteiger partial charge in [0.05, 0.1) is 5.54 Å². The minimum atomic E-state index is -2.85. The summed E-state index contributed by atoms with van der Waals surface area (Å²) in [4.78, 5) is 4.42. The largest absolute Gasteiger partial charge is 0.434 e. The average molecular weight is 323 g/mol. The zero-order chi connectivity index (χ0) is 16.6. The van der Waals surface area contributed by atoms with Crippen LogP contribution in [0, 0.1) is 13.8 Å². The summed E-state index contributed by atoms with van der Waals surface area (Å²) in [5, 5.41) is 4.01. The Labute approximate surface area is 132 Å². The number of rotatable bonds is 4. The number of aromatic nitrogens is 2. The van der Waals surface area contributed by atoms with Gasteiger partial charge in [-0.15, -0.1) is 0 Å². The van der Waals surface area contributed by atoms with Crippen molar-refractivity contribution in [3.63, 3.8) is 0 Å². The van der Waals surface area contributed by atoms with Crippen molar-refractivity contribution in [2.24, 2.45) is 5.73 Å². The van der Waals surface area contributed by atoms with E-state index in [2.05, 4.69) is 14.9 Å². The van der Waals surface area contributed by atoms with Gasteiger partial charge in [-0.25, -0.2) is 0 Å². The van der Waals surface area contributed by atoms with Gasteiger partial charge in [0, 0.05) is 5.56 Å². The quantitative estimate of drug-likeness (QED) is 0.929. The van der Waals surface area contributed by atoms with Crippen LogP contribution in [0.5, 0.6) is 5.75 Å². The van der Waals surface area contributed by atoms with Crippen LogP contribution in [-0.4, -0.2) is 16.8 Å². The monoisotopic (exact) mass is 323 g/mol. The number of aryl methyl sites for hydroxylation is 2. The van der Waals surface area contributed by atoms with Gasteiger partial charge < -0.3 is 15.0 Å². The van der Waals surface area contributed by atoms with Gasteiger partial charge in [-0.05, 0) is 49.9 Å². The molecule has 0 unspecified atom stereocenters. The molecule has 1 saturated carbocycles. The smallest absolute Gasteiger partial charge is 0.387 e. The lowest BCUT2D eigenvalue weighted by Gasteiger charge is -2.17. The van der Waals surface area contributed by atoms with Gasteiger partial charge in [0.25, 0.3) is 5.89 Å². The minimum Gasteiger partial charge on any atom is -0.434 e. The topological polar surface area (TPSA) is 74.2 Å². The second-order valence-corrected chi connectivity index (χ2v) is 6.10. The van der Waals surface area contributed by atoms with Gasteiger partial charge in [-0.2, -0.15) is 13.8 Å². The highest BCUT2D eigenvalue weighted by atomic mass is 19.3. The molecule has 2 aromatic rings. The maximum Gasteiger partial charge on any atom is 0.387 e. The molecule has 7 heteroatoms. The molecule has 0 radical (unpaired) electrons. The van der Waals surface area contributed by atoms with Crippen LogP contribution in [0.2, 0.25) is 0 Å². The first-order chi connectivity index (χ1) is 10.9. The minimum absolute atomic E-state index is 0.176. The van der Waals surface area contributed by atoms with Crippen molar-refractivity contribution in [1.82, 2.24) is 10.1 Å². The standard InChI is InChI=1S/C16H19F2N3O2/c1-9-7-11(8-10(2)12(9)22-15(17)18)13-20-14(21-23-13)16(19)5-3-4-6-16/h7-8,15H,3-6,19H2,1-2H3. The molecular weight excluding hydrogens is 304 g/mol. The molecule has 1 aromatic heterocycles. The number of benzene rings is 1. The summed E-state index contributed by atoms with van der Waals surface area (Å²) in [7, 11) is 0. The lowest BCUT2D eigenvalue weighted by atomic mass is 9.98. The van der Waals surface area contributed by atoms with Crippen LogP contribution in [0.4, 0.5) is 8.78 Å². The van der Waals surface area contributed by atoms with Crippen LogP contribution >= 0.6 is 0 Å². The second kappa shape index (κ2) is 5.88. The van der Waals surface area contributed by atoms with Crippen LogP contribution in [0.3, 0.4) is 0 Å². The molecule has 5 nitrogen and oxygen atoms in total. The normalized spacial score (nSPS) is 17.0. The van der Waals surface area contributed by atoms with Crippen molar-refractivity contribution in [1.29, 1.82) is 0 Å². The fourth-order valence-electron chi connectivity index (χ4n) is 3.12. The number of hydrogen-bond acceptors (Lipinski definition) is 5. The van der Waals surface area contributed by atoms with E-state index in [9.17, 15) is 8.78 Å². The van der Waals surface area contributed by atoms with Gasteiger partial charge in [0.2, 0.25) is 0 Å². The number of nitrogens with two attached hydrogens (primary N) is 1. The molecule has 124 valence electrons. The Hall–Kier alpha value is -2.02. The lowest BCUT2D eigenvalue weighted by molar-refractivity contribution is -0.0507. The third-order valence-corrected chi connectivity index (χ3v) is 4.28. The molecule has 1 aromatic carbocycles. The predicted molar refractivity (Wildman–Crippen MR) is 80.2 cm³/mol. The van der Waals surface area contributed by atoms with E-state index in [0.717, 1.165) is 25.7 Å². The highest BCUT2D eigenvalue weighted by molar-refractivity contribution is 5.60. The molecule has 1 heterocycles. The summed E-state index contributed by atoms with van der Waals surface area (Å²) < 4.78 is 34.8. The molecule has 0 bridgehead atoms. The van der Waals surface area contributed by atoms with Crippen molar-refractivity contribution < 1.29 is 18.0 Å². The maximum absolute atomic E-state index is 12.4. The highest BCUT2D eigenvalue weighted by Gasteiger charge is 2.36. The van der Waals surface area contributed by atoms with Gasteiger partial charge in [0.1, 0.15) is 5.75 Å². The maximum atomic E-state index is 12.4. The molecule has 23 heavy (non-hydrogen) atoms. The number of nitrogens with zero attached hydrogens (tertiary/aromatic N) is 2. The molecule has 1 aliphatic carbocycles. The van der Waals surface area contributed by atoms with Gasteiger partial charge in [0.15, 0.2) is 5.82 Å². The Bertz CT molecular complexity index is 686. The first-order valence-electron chi connectivity index (χ1n) is 7.58. The molecule has 1 aliphatic rings. The average Bonchev–Trinajstić information content (AvgIpc) is 3.12. The molecule has 0 spiro atoms. The highest BCUT2D eigenvalue weighted by Crippen LogP contribution is 2.36. The summed E-state index contributed by atoms with van der Waals surface area (Å²) in [5.74, 6) is 1.02. The van der Waals surface area contributed by atoms with Crippen molar-refractivity contribution in [2.45, 2.75) is 51.7 Å². The SMILES string of the molecule is Cc1cc(-c2nc(C3(N)CCCC3)no2)cc(C)c1OC(F)F. The first kappa shape index (κ1) is 15.9. The molecule has 0 amide bonds. The van der Waals surface area contributed by atoms with Crippen molar-refractivity contribution in [2.75, 3.05) is 0 Å². The van der Waals surface area contributed by atoms with Crippen LogP contribution < -0.4 is 10.5 Å². The number of alkyl halides is 2. The van der Waals surface area contributed by atoms with Crippen LogP contribution in [0.1, 0.15) is 42.6 Å². The molecule has 0 saturated heterocycles. The van der Waals surface area contributed by atoms with Crippen LogP contribution in [-0.2, 0) is 5.54 Å². The van der Waals surface area contributed by atoms with Crippen LogP contribution in [0.15, 0.2) is 16.7 Å². The summed E-state index contributed by atoms with van der Waals surface area (Å²) in [6.07, 6.45) is 3.78. The number of hydrogen-bond donors (Lipinski definition) is 1. The molecule has 1 fully saturated rings. The van der Waals surface area contributed by atoms with E-state index in [1.54, 1.807) is 26.0 Å². The van der Waals surface area contributed by atoms with Crippen molar-refractivity contribution >= 4 is 0 Å². The van der Waals surface area contributed by atoms with Gasteiger partial charge in [-0.1, -0.05) is 18.0 Å². The summed E-state index contributed by atoms with van der Waals surface area (Å²) in [5.41, 5.74) is 7.64. The molecule has 3 rings (SSSR count). The van der Waals surface area contributed by atoms with E-state index in [0.29, 0.717) is 28.4 Å². The van der Waals surface area contributed by atoms with E-state index >= 15 is 0 Å². The first-order valence-corrected chi connectivity index (χ1v) is 7.58. The van der Waals surface area contributed by atoms with Crippen molar-refractivity contribution in [3.05, 3.63) is 29.1 Å². The molecule has 0 atom stereocenters. The third kappa shape index (κ3) is 3.06. The summed E-state index contributed by atoms with van der Waals surface area (Å²) >= 11 is 0. The summed E-state index contributed by atoms with van der Waals surface area (Å²) in [6, 6.07) is 3.39. The number of halogens is 2. The van der Waals surface area contributed by atoms with E-state index in [1.807, 2.05) is 0 Å². The second-order valence-electron chi connectivity index (χ2n) is 6.10.